The fourth-order valence-electron chi connectivity index (χ4n) is 2.77. The first-order valence-corrected chi connectivity index (χ1v) is 9.07. The number of nitrogens with one attached hydrogen (secondary N) is 2. The number of alkyl halides is 5. The molecule has 5 nitrogen and oxygen atoms in total. The van der Waals surface area contributed by atoms with Crippen molar-refractivity contribution in [1.82, 2.24) is 0 Å². The summed E-state index contributed by atoms with van der Waals surface area (Å²) in [5, 5.41) is 4.83. The summed E-state index contributed by atoms with van der Waals surface area (Å²) in [5.41, 5.74) is -0.902. The van der Waals surface area contributed by atoms with Crippen LogP contribution in [0.2, 0.25) is 0 Å². The van der Waals surface area contributed by atoms with Gasteiger partial charge in [-0.05, 0) is 48.5 Å². The van der Waals surface area contributed by atoms with Crippen molar-refractivity contribution >= 4 is 23.2 Å². The predicted octanol–water partition coefficient (Wildman–Crippen LogP) is 5.81. The van der Waals surface area contributed by atoms with Gasteiger partial charge in [-0.1, -0.05) is 24.3 Å². The fourth-order valence-corrected chi connectivity index (χ4v) is 2.77. The molecule has 0 fully saturated rings. The second-order valence-corrected chi connectivity index (χ2v) is 6.44. The Hall–Kier alpha value is -3.95. The highest BCUT2D eigenvalue weighted by Crippen LogP contribution is 2.31. The zero-order valence-electron chi connectivity index (χ0n) is 16.1. The average molecular weight is 450 g/mol. The van der Waals surface area contributed by atoms with Crippen molar-refractivity contribution in [2.45, 2.75) is 12.8 Å². The van der Waals surface area contributed by atoms with Crippen molar-refractivity contribution in [3.63, 3.8) is 0 Å². The Labute approximate surface area is 178 Å². The summed E-state index contributed by atoms with van der Waals surface area (Å²) in [6.07, 6.45) is -4.56. The summed E-state index contributed by atoms with van der Waals surface area (Å²) < 4.78 is 67.9. The van der Waals surface area contributed by atoms with E-state index in [2.05, 4.69) is 15.4 Å². The fraction of sp³-hybridized carbons (Fsp3) is 0.0909. The molecule has 3 aromatic carbocycles. The van der Waals surface area contributed by atoms with Crippen molar-refractivity contribution in [1.29, 1.82) is 0 Å². The van der Waals surface area contributed by atoms with E-state index in [1.165, 1.54) is 54.6 Å². The molecule has 0 aliphatic rings. The van der Waals surface area contributed by atoms with Gasteiger partial charge in [0.2, 0.25) is 0 Å². The summed E-state index contributed by atoms with van der Waals surface area (Å²) in [5.74, 6) is -1.78. The van der Waals surface area contributed by atoms with E-state index in [4.69, 9.17) is 0 Å². The maximum atomic E-state index is 12.8. The molecule has 0 aromatic heterocycles. The summed E-state index contributed by atoms with van der Waals surface area (Å²) in [4.78, 5) is 24.9. The first-order chi connectivity index (χ1) is 15.1. The second-order valence-electron chi connectivity index (χ2n) is 6.44. The van der Waals surface area contributed by atoms with Crippen molar-refractivity contribution in [2.24, 2.45) is 0 Å². The number of carbonyl (C=O) groups is 2. The van der Waals surface area contributed by atoms with E-state index in [-0.39, 0.29) is 28.3 Å². The molecule has 0 heterocycles. The number of halogens is 5. The molecule has 0 atom stereocenters. The molecule has 0 radical (unpaired) electrons. The topological polar surface area (TPSA) is 67.4 Å². The Kier molecular flexibility index (Phi) is 6.72. The minimum Gasteiger partial charge on any atom is -0.434 e. The molecule has 0 aliphatic heterocycles. The lowest BCUT2D eigenvalue weighted by atomic mass is 10.1. The maximum absolute atomic E-state index is 12.8. The van der Waals surface area contributed by atoms with Gasteiger partial charge in [0, 0.05) is 16.9 Å². The minimum atomic E-state index is -4.56. The van der Waals surface area contributed by atoms with Gasteiger partial charge in [0.1, 0.15) is 5.75 Å². The molecular weight excluding hydrogens is 435 g/mol. The van der Waals surface area contributed by atoms with Gasteiger partial charge in [0.05, 0.1) is 11.1 Å². The van der Waals surface area contributed by atoms with Gasteiger partial charge in [0.15, 0.2) is 0 Å². The molecule has 166 valence electrons. The predicted molar refractivity (Wildman–Crippen MR) is 107 cm³/mol. The molecule has 0 saturated heterocycles. The van der Waals surface area contributed by atoms with Crippen LogP contribution in [0, 0.1) is 0 Å². The Morgan fingerprint density at radius 3 is 2.09 bits per heavy atom. The normalized spacial score (nSPS) is 11.2. The van der Waals surface area contributed by atoms with Gasteiger partial charge >= 0.3 is 12.8 Å². The van der Waals surface area contributed by atoms with E-state index in [1.807, 2.05) is 0 Å². The molecule has 0 saturated carbocycles. The number of hydrogen-bond donors (Lipinski definition) is 2. The molecule has 0 unspecified atom stereocenters. The van der Waals surface area contributed by atoms with Gasteiger partial charge in [-0.3, -0.25) is 9.59 Å². The summed E-state index contributed by atoms with van der Waals surface area (Å²) in [6, 6.07) is 15.1. The van der Waals surface area contributed by atoms with Crippen LogP contribution < -0.4 is 15.4 Å². The Bertz CT molecular complexity index is 1130. The number of anilines is 2. The maximum Gasteiger partial charge on any atom is 0.416 e. The lowest BCUT2D eigenvalue weighted by molar-refractivity contribution is -0.137. The van der Waals surface area contributed by atoms with Crippen molar-refractivity contribution in [2.75, 3.05) is 10.6 Å². The highest BCUT2D eigenvalue weighted by atomic mass is 19.4. The van der Waals surface area contributed by atoms with Gasteiger partial charge in [-0.15, -0.1) is 0 Å². The molecule has 10 heteroatoms. The molecule has 32 heavy (non-hydrogen) atoms. The lowest BCUT2D eigenvalue weighted by Crippen LogP contribution is -2.16. The van der Waals surface area contributed by atoms with Crippen LogP contribution >= 0.6 is 0 Å². The highest BCUT2D eigenvalue weighted by molar-refractivity contribution is 6.08. The van der Waals surface area contributed by atoms with Crippen LogP contribution in [-0.4, -0.2) is 18.4 Å². The minimum absolute atomic E-state index is 0.0531. The first kappa shape index (κ1) is 22.7. The summed E-state index contributed by atoms with van der Waals surface area (Å²) in [6.45, 7) is -3.12. The molecule has 0 spiro atoms. The van der Waals surface area contributed by atoms with Crippen LogP contribution in [0.5, 0.6) is 5.75 Å². The standard InChI is InChI=1S/C22H15F5N2O3/c23-21(24)32-18-10-2-1-9-17(18)20(31)29-15-7-3-5-13(11-15)19(30)28-16-8-4-6-14(12-16)22(25,26)27/h1-12,21H,(H,28,30)(H,29,31). The van der Waals surface area contributed by atoms with Gasteiger partial charge in [-0.2, -0.15) is 22.0 Å². The van der Waals surface area contributed by atoms with E-state index in [9.17, 15) is 31.5 Å². The van der Waals surface area contributed by atoms with Crippen molar-refractivity contribution < 1.29 is 36.3 Å². The largest absolute Gasteiger partial charge is 0.434 e. The Morgan fingerprint density at radius 2 is 1.41 bits per heavy atom. The molecular formula is C22H15F5N2O3. The van der Waals surface area contributed by atoms with Gasteiger partial charge < -0.3 is 15.4 Å². The van der Waals surface area contributed by atoms with Crippen LogP contribution in [0.25, 0.3) is 0 Å². The third-order valence-electron chi connectivity index (χ3n) is 4.18. The smallest absolute Gasteiger partial charge is 0.416 e. The van der Waals surface area contributed by atoms with Gasteiger partial charge in [-0.25, -0.2) is 0 Å². The van der Waals surface area contributed by atoms with Crippen LogP contribution in [0.4, 0.5) is 33.3 Å². The molecule has 3 aromatic rings. The van der Waals surface area contributed by atoms with E-state index >= 15 is 0 Å². The third kappa shape index (κ3) is 5.81. The highest BCUT2D eigenvalue weighted by Gasteiger charge is 2.30. The van der Waals surface area contributed by atoms with Crippen molar-refractivity contribution in [3.05, 3.63) is 89.5 Å². The van der Waals surface area contributed by atoms with E-state index in [0.29, 0.717) is 0 Å². The Morgan fingerprint density at radius 1 is 0.781 bits per heavy atom. The van der Waals surface area contributed by atoms with Crippen LogP contribution in [-0.2, 0) is 6.18 Å². The molecule has 2 amide bonds. The van der Waals surface area contributed by atoms with Gasteiger partial charge in [0.25, 0.3) is 11.8 Å². The monoisotopic (exact) mass is 450 g/mol. The lowest BCUT2D eigenvalue weighted by Gasteiger charge is -2.12. The number of benzene rings is 3. The first-order valence-electron chi connectivity index (χ1n) is 9.07. The quantitative estimate of drug-likeness (QED) is 0.466. The van der Waals surface area contributed by atoms with Crippen molar-refractivity contribution in [3.8, 4) is 5.75 Å². The zero-order chi connectivity index (χ0) is 23.3. The zero-order valence-corrected chi connectivity index (χ0v) is 16.1. The second kappa shape index (κ2) is 9.46. The average Bonchev–Trinajstić information content (AvgIpc) is 2.73. The van der Waals surface area contributed by atoms with Crippen LogP contribution in [0.3, 0.4) is 0 Å². The van der Waals surface area contributed by atoms with E-state index in [1.54, 1.807) is 0 Å². The number of amides is 2. The molecule has 2 N–H and O–H groups in total. The summed E-state index contributed by atoms with van der Waals surface area (Å²) in [7, 11) is 0. The number of rotatable bonds is 6. The SMILES string of the molecule is O=C(Nc1cccc(C(F)(F)F)c1)c1cccc(NC(=O)c2ccccc2OC(F)F)c1. The van der Waals surface area contributed by atoms with E-state index in [0.717, 1.165) is 18.2 Å². The number of hydrogen-bond acceptors (Lipinski definition) is 3. The molecule has 3 rings (SSSR count). The van der Waals surface area contributed by atoms with E-state index < -0.39 is 30.2 Å². The number of para-hydroxylation sites is 1. The molecule has 0 bridgehead atoms. The summed E-state index contributed by atoms with van der Waals surface area (Å²) >= 11 is 0. The van der Waals surface area contributed by atoms with Crippen LogP contribution in [0.1, 0.15) is 26.3 Å². The number of carbonyl (C=O) groups excluding carboxylic acids is 2. The number of ether oxygens (including phenoxy) is 1. The van der Waals surface area contributed by atoms with Crippen LogP contribution in [0.15, 0.2) is 72.8 Å². The molecule has 0 aliphatic carbocycles. The Balaban J connectivity index is 1.75. The third-order valence-corrected chi connectivity index (χ3v) is 4.18.